The number of hydrogen-bond donors (Lipinski definition) is 1. The predicted molar refractivity (Wildman–Crippen MR) is 78.6 cm³/mol. The van der Waals surface area contributed by atoms with Gasteiger partial charge in [-0.2, -0.15) is 0 Å². The van der Waals surface area contributed by atoms with Crippen LogP contribution in [0, 0.1) is 10.1 Å². The number of aliphatic carboxylic acids is 1. The Bertz CT molecular complexity index is 673. The fourth-order valence-corrected chi connectivity index (χ4v) is 2.34. The van der Waals surface area contributed by atoms with E-state index in [1.807, 2.05) is 0 Å². The van der Waals surface area contributed by atoms with Crippen LogP contribution in [0.25, 0.3) is 0 Å². The van der Waals surface area contributed by atoms with E-state index in [1.165, 1.54) is 18.2 Å². The SMILES string of the molecule is O=C(O)C(Cc1cc(Cl)ccc1[N+](=O)[O-])c1ccccc1. The first kappa shape index (κ1) is 15.0. The van der Waals surface area contributed by atoms with Gasteiger partial charge in [0.25, 0.3) is 5.69 Å². The minimum absolute atomic E-state index is 0.0101. The molecule has 1 atom stereocenters. The van der Waals surface area contributed by atoms with Crippen LogP contribution in [-0.2, 0) is 11.2 Å². The lowest BCUT2D eigenvalue weighted by atomic mass is 9.91. The first-order valence-corrected chi connectivity index (χ1v) is 6.57. The van der Waals surface area contributed by atoms with Crippen molar-refractivity contribution >= 4 is 23.3 Å². The lowest BCUT2D eigenvalue weighted by molar-refractivity contribution is -0.385. The zero-order chi connectivity index (χ0) is 15.4. The Balaban J connectivity index is 2.40. The maximum Gasteiger partial charge on any atom is 0.311 e. The van der Waals surface area contributed by atoms with Crippen molar-refractivity contribution < 1.29 is 14.8 Å². The summed E-state index contributed by atoms with van der Waals surface area (Å²) in [4.78, 5) is 22.0. The molecule has 0 aliphatic heterocycles. The van der Waals surface area contributed by atoms with Crippen LogP contribution >= 0.6 is 11.6 Å². The van der Waals surface area contributed by atoms with Crippen LogP contribution in [0.1, 0.15) is 17.0 Å². The summed E-state index contributed by atoms with van der Waals surface area (Å²) >= 11 is 5.86. The molecule has 0 amide bonds. The highest BCUT2D eigenvalue weighted by Gasteiger charge is 2.24. The van der Waals surface area contributed by atoms with Gasteiger partial charge < -0.3 is 5.11 Å². The average molecular weight is 306 g/mol. The smallest absolute Gasteiger partial charge is 0.311 e. The van der Waals surface area contributed by atoms with Gasteiger partial charge in [-0.1, -0.05) is 41.9 Å². The van der Waals surface area contributed by atoms with Crippen molar-refractivity contribution in [1.82, 2.24) is 0 Å². The molecule has 108 valence electrons. The van der Waals surface area contributed by atoms with Crippen LogP contribution in [-0.4, -0.2) is 16.0 Å². The van der Waals surface area contributed by atoms with E-state index < -0.39 is 16.8 Å². The monoisotopic (exact) mass is 305 g/mol. The number of carboxylic acid groups (broad SMARTS) is 1. The Hall–Kier alpha value is -2.40. The van der Waals surface area contributed by atoms with E-state index in [2.05, 4.69) is 0 Å². The second kappa shape index (κ2) is 6.37. The molecule has 0 aliphatic carbocycles. The van der Waals surface area contributed by atoms with Gasteiger partial charge in [0.2, 0.25) is 0 Å². The van der Waals surface area contributed by atoms with Gasteiger partial charge in [-0.25, -0.2) is 0 Å². The third kappa shape index (κ3) is 3.58. The Labute approximate surface area is 125 Å². The van der Waals surface area contributed by atoms with Crippen LogP contribution in [0.2, 0.25) is 5.02 Å². The second-order valence-electron chi connectivity index (χ2n) is 4.54. The summed E-state index contributed by atoms with van der Waals surface area (Å²) in [7, 11) is 0. The number of benzene rings is 2. The summed E-state index contributed by atoms with van der Waals surface area (Å²) < 4.78 is 0. The molecule has 0 aromatic heterocycles. The number of carbonyl (C=O) groups is 1. The van der Waals surface area contributed by atoms with Gasteiger partial charge in [0.15, 0.2) is 0 Å². The molecule has 5 nitrogen and oxygen atoms in total. The summed E-state index contributed by atoms with van der Waals surface area (Å²) in [5.74, 6) is -1.89. The van der Waals surface area contributed by atoms with Crippen LogP contribution in [0.3, 0.4) is 0 Å². The number of nitro groups is 1. The Morgan fingerprint density at radius 1 is 1.24 bits per heavy atom. The lowest BCUT2D eigenvalue weighted by Crippen LogP contribution is -2.15. The summed E-state index contributed by atoms with van der Waals surface area (Å²) in [5, 5.41) is 20.8. The Morgan fingerprint density at radius 2 is 1.90 bits per heavy atom. The first-order valence-electron chi connectivity index (χ1n) is 6.19. The molecule has 6 heteroatoms. The lowest BCUT2D eigenvalue weighted by Gasteiger charge is -2.13. The fraction of sp³-hybridized carbons (Fsp3) is 0.133. The minimum Gasteiger partial charge on any atom is -0.481 e. The van der Waals surface area contributed by atoms with E-state index in [9.17, 15) is 20.0 Å². The van der Waals surface area contributed by atoms with Crippen molar-refractivity contribution in [3.05, 3.63) is 74.8 Å². The molecule has 0 saturated carbocycles. The topological polar surface area (TPSA) is 80.4 Å². The number of nitrogens with zero attached hydrogens (tertiary/aromatic N) is 1. The van der Waals surface area contributed by atoms with Crippen molar-refractivity contribution in [2.24, 2.45) is 0 Å². The highest BCUT2D eigenvalue weighted by molar-refractivity contribution is 6.30. The highest BCUT2D eigenvalue weighted by atomic mass is 35.5. The van der Waals surface area contributed by atoms with E-state index in [1.54, 1.807) is 30.3 Å². The molecule has 21 heavy (non-hydrogen) atoms. The molecule has 2 rings (SSSR count). The molecule has 1 unspecified atom stereocenters. The summed E-state index contributed by atoms with van der Waals surface area (Å²) in [6.07, 6.45) is 0.0101. The number of rotatable bonds is 5. The molecule has 0 radical (unpaired) electrons. The van der Waals surface area contributed by atoms with Gasteiger partial charge in [0.05, 0.1) is 10.8 Å². The zero-order valence-corrected chi connectivity index (χ0v) is 11.7. The van der Waals surface area contributed by atoms with Gasteiger partial charge in [0, 0.05) is 16.7 Å². The molecule has 1 N–H and O–H groups in total. The average Bonchev–Trinajstić information content (AvgIpc) is 2.45. The number of halogens is 1. The summed E-state index contributed by atoms with van der Waals surface area (Å²) in [6, 6.07) is 12.8. The van der Waals surface area contributed by atoms with Crippen LogP contribution in [0.4, 0.5) is 5.69 Å². The number of nitro benzene ring substituents is 1. The molecular weight excluding hydrogens is 294 g/mol. The highest BCUT2D eigenvalue weighted by Crippen LogP contribution is 2.29. The van der Waals surface area contributed by atoms with E-state index in [0.29, 0.717) is 16.1 Å². The molecule has 2 aromatic carbocycles. The maximum atomic E-state index is 11.5. The van der Waals surface area contributed by atoms with Gasteiger partial charge in [0.1, 0.15) is 0 Å². The van der Waals surface area contributed by atoms with Gasteiger partial charge in [-0.3, -0.25) is 14.9 Å². The molecule has 0 spiro atoms. The third-order valence-electron chi connectivity index (χ3n) is 3.16. The maximum absolute atomic E-state index is 11.5. The van der Waals surface area contributed by atoms with Crippen molar-refractivity contribution in [1.29, 1.82) is 0 Å². The molecule has 0 fully saturated rings. The van der Waals surface area contributed by atoms with E-state index in [0.717, 1.165) is 0 Å². The quantitative estimate of drug-likeness (QED) is 0.675. The van der Waals surface area contributed by atoms with Crippen LogP contribution < -0.4 is 0 Å². The van der Waals surface area contributed by atoms with Gasteiger partial charge in [-0.05, 0) is 24.1 Å². The minimum atomic E-state index is -1.03. The van der Waals surface area contributed by atoms with Gasteiger partial charge >= 0.3 is 5.97 Å². The van der Waals surface area contributed by atoms with E-state index in [4.69, 9.17) is 11.6 Å². The standard InChI is InChI=1S/C15H12ClNO4/c16-12-6-7-14(17(20)21)11(8-12)9-13(15(18)19)10-4-2-1-3-5-10/h1-8,13H,9H2,(H,18,19). The van der Waals surface area contributed by atoms with Crippen LogP contribution in [0.15, 0.2) is 48.5 Å². The Morgan fingerprint density at radius 3 is 2.48 bits per heavy atom. The largest absolute Gasteiger partial charge is 0.481 e. The number of hydrogen-bond acceptors (Lipinski definition) is 3. The predicted octanol–water partition coefficient (Wildman–Crippen LogP) is 3.66. The van der Waals surface area contributed by atoms with Crippen molar-refractivity contribution in [3.8, 4) is 0 Å². The summed E-state index contributed by atoms with van der Waals surface area (Å²) in [5.41, 5.74) is 0.782. The fourth-order valence-electron chi connectivity index (χ4n) is 2.15. The second-order valence-corrected chi connectivity index (χ2v) is 4.97. The molecule has 0 heterocycles. The van der Waals surface area contributed by atoms with E-state index >= 15 is 0 Å². The molecule has 0 saturated heterocycles. The van der Waals surface area contributed by atoms with E-state index in [-0.39, 0.29) is 12.1 Å². The number of carboxylic acids is 1. The third-order valence-corrected chi connectivity index (χ3v) is 3.40. The first-order chi connectivity index (χ1) is 9.99. The molecule has 2 aromatic rings. The Kier molecular flexibility index (Phi) is 4.55. The summed E-state index contributed by atoms with van der Waals surface area (Å²) in [6.45, 7) is 0. The molecule has 0 aliphatic rings. The van der Waals surface area contributed by atoms with Gasteiger partial charge in [-0.15, -0.1) is 0 Å². The van der Waals surface area contributed by atoms with Crippen molar-refractivity contribution in [2.75, 3.05) is 0 Å². The van der Waals surface area contributed by atoms with Crippen molar-refractivity contribution in [2.45, 2.75) is 12.3 Å². The normalized spacial score (nSPS) is 11.9. The molecule has 0 bridgehead atoms. The molecular formula is C15H12ClNO4. The van der Waals surface area contributed by atoms with Crippen molar-refractivity contribution in [3.63, 3.8) is 0 Å². The zero-order valence-electron chi connectivity index (χ0n) is 10.9. The van der Waals surface area contributed by atoms with Crippen LogP contribution in [0.5, 0.6) is 0 Å².